The number of rotatable bonds is 3. The Morgan fingerprint density at radius 1 is 1.43 bits per heavy atom. The Morgan fingerprint density at radius 3 is 2.81 bits per heavy atom. The third-order valence-electron chi connectivity index (χ3n) is 3.74. The van der Waals surface area contributed by atoms with Gasteiger partial charge < -0.3 is 5.32 Å². The van der Waals surface area contributed by atoms with E-state index in [0.29, 0.717) is 0 Å². The number of nitrogens with zero attached hydrogens (tertiary/aromatic N) is 3. The molecule has 0 fully saturated rings. The maximum absolute atomic E-state index is 11.5. The molecule has 3 rings (SSSR count). The van der Waals surface area contributed by atoms with E-state index < -0.39 is 9.84 Å². The first-order valence-corrected chi connectivity index (χ1v) is 8.64. The Kier molecular flexibility index (Phi) is 3.24. The van der Waals surface area contributed by atoms with Crippen LogP contribution in [0.3, 0.4) is 0 Å². The first kappa shape index (κ1) is 14.1. The van der Waals surface area contributed by atoms with Crippen LogP contribution in [0.1, 0.15) is 23.9 Å². The Morgan fingerprint density at radius 2 is 2.19 bits per heavy atom. The maximum Gasteiger partial charge on any atom is 0.173 e. The largest absolute Gasteiger partial charge is 0.363 e. The highest BCUT2D eigenvalue weighted by Gasteiger charge is 2.23. The van der Waals surface area contributed by atoms with Crippen LogP contribution in [0, 0.1) is 13.8 Å². The molecule has 0 saturated carbocycles. The molecule has 1 atom stereocenters. The normalized spacial score (nSPS) is 20.2. The molecule has 1 N–H and O–H groups in total. The SMILES string of the molecule is CCc1cc(N[C@H]2C=CS(=O)(=O)C2)n2nc(C)c(C)c2n1. The molecular weight excluding hydrogens is 288 g/mol. The van der Waals surface area contributed by atoms with Crippen molar-refractivity contribution >= 4 is 21.3 Å². The fraction of sp³-hybridized carbons (Fsp3) is 0.429. The molecule has 0 spiro atoms. The van der Waals surface area contributed by atoms with Gasteiger partial charge in [0, 0.05) is 22.7 Å². The van der Waals surface area contributed by atoms with Crippen molar-refractivity contribution in [1.29, 1.82) is 0 Å². The number of nitrogens with one attached hydrogen (secondary N) is 1. The van der Waals surface area contributed by atoms with Crippen molar-refractivity contribution in [2.45, 2.75) is 33.2 Å². The smallest absolute Gasteiger partial charge is 0.173 e. The third-order valence-corrected chi connectivity index (χ3v) is 5.13. The second-order valence-electron chi connectivity index (χ2n) is 5.34. The lowest BCUT2D eigenvalue weighted by atomic mass is 10.2. The summed E-state index contributed by atoms with van der Waals surface area (Å²) >= 11 is 0. The van der Waals surface area contributed by atoms with Crippen LogP contribution in [0.25, 0.3) is 5.65 Å². The van der Waals surface area contributed by atoms with Crippen molar-refractivity contribution in [3.8, 4) is 0 Å². The van der Waals surface area contributed by atoms with Crippen molar-refractivity contribution in [1.82, 2.24) is 14.6 Å². The zero-order chi connectivity index (χ0) is 15.2. The molecule has 0 radical (unpaired) electrons. The highest BCUT2D eigenvalue weighted by molar-refractivity contribution is 7.94. The molecule has 21 heavy (non-hydrogen) atoms. The van der Waals surface area contributed by atoms with E-state index in [2.05, 4.69) is 15.4 Å². The summed E-state index contributed by atoms with van der Waals surface area (Å²) in [7, 11) is -3.08. The van der Waals surface area contributed by atoms with Gasteiger partial charge in [-0.25, -0.2) is 13.4 Å². The predicted molar refractivity (Wildman–Crippen MR) is 82.2 cm³/mol. The molecule has 1 aliphatic rings. The maximum atomic E-state index is 11.5. The molecule has 0 aliphatic carbocycles. The number of sulfone groups is 1. The van der Waals surface area contributed by atoms with Crippen molar-refractivity contribution in [2.75, 3.05) is 11.1 Å². The van der Waals surface area contributed by atoms with Crippen LogP contribution in [-0.2, 0) is 16.3 Å². The minimum atomic E-state index is -3.08. The molecule has 1 aliphatic heterocycles. The van der Waals surface area contributed by atoms with Gasteiger partial charge in [0.05, 0.1) is 17.5 Å². The molecule has 0 bridgehead atoms. The molecule has 0 aromatic carbocycles. The first-order chi connectivity index (χ1) is 9.89. The summed E-state index contributed by atoms with van der Waals surface area (Å²) in [6, 6.07) is 1.70. The lowest BCUT2D eigenvalue weighted by Gasteiger charge is -2.14. The minimum Gasteiger partial charge on any atom is -0.363 e. The first-order valence-electron chi connectivity index (χ1n) is 6.93. The molecule has 7 heteroatoms. The van der Waals surface area contributed by atoms with Crippen molar-refractivity contribution in [3.63, 3.8) is 0 Å². The van der Waals surface area contributed by atoms with Gasteiger partial charge in [0.2, 0.25) is 0 Å². The summed E-state index contributed by atoms with van der Waals surface area (Å²) in [6.45, 7) is 5.98. The average molecular weight is 306 g/mol. The Labute approximate surface area is 123 Å². The standard InChI is InChI=1S/C14H18N4O2S/c1-4-11-7-13(15-12-5-6-21(19,20)8-12)18-14(16-11)9(2)10(3)17-18/h5-7,12,15H,4,8H2,1-3H3/t12-/m0/s1. The number of hydrogen-bond donors (Lipinski definition) is 1. The average Bonchev–Trinajstić information content (AvgIpc) is 2.91. The van der Waals surface area contributed by atoms with E-state index in [4.69, 9.17) is 0 Å². The highest BCUT2D eigenvalue weighted by atomic mass is 32.2. The number of aromatic nitrogens is 3. The summed E-state index contributed by atoms with van der Waals surface area (Å²) in [5, 5.41) is 9.00. The van der Waals surface area contributed by atoms with Crippen LogP contribution < -0.4 is 5.32 Å². The second kappa shape index (κ2) is 4.84. The molecule has 6 nitrogen and oxygen atoms in total. The van der Waals surface area contributed by atoms with E-state index >= 15 is 0 Å². The summed E-state index contributed by atoms with van der Waals surface area (Å²) in [5.41, 5.74) is 3.74. The molecule has 0 unspecified atom stereocenters. The van der Waals surface area contributed by atoms with Gasteiger partial charge in [0.1, 0.15) is 5.82 Å². The summed E-state index contributed by atoms with van der Waals surface area (Å²) in [4.78, 5) is 4.60. The predicted octanol–water partition coefficient (Wildman–Crippen LogP) is 1.63. The topological polar surface area (TPSA) is 76.4 Å². The van der Waals surface area contributed by atoms with Crippen LogP contribution in [0.4, 0.5) is 5.82 Å². The van der Waals surface area contributed by atoms with E-state index in [1.54, 1.807) is 10.6 Å². The molecule has 112 valence electrons. The van der Waals surface area contributed by atoms with E-state index in [0.717, 1.165) is 34.8 Å². The van der Waals surface area contributed by atoms with E-state index in [1.165, 1.54) is 5.41 Å². The van der Waals surface area contributed by atoms with Gasteiger partial charge in [-0.05, 0) is 26.3 Å². The van der Waals surface area contributed by atoms with Crippen molar-refractivity contribution in [3.05, 3.63) is 34.5 Å². The molecule has 2 aromatic heterocycles. The highest BCUT2D eigenvalue weighted by Crippen LogP contribution is 2.21. The number of anilines is 1. The van der Waals surface area contributed by atoms with Crippen LogP contribution in [0.5, 0.6) is 0 Å². The van der Waals surface area contributed by atoms with Crippen LogP contribution in [-0.4, -0.2) is 34.8 Å². The lowest BCUT2D eigenvalue weighted by molar-refractivity contribution is 0.605. The van der Waals surface area contributed by atoms with Gasteiger partial charge in [-0.3, -0.25) is 0 Å². The summed E-state index contributed by atoms with van der Waals surface area (Å²) < 4.78 is 24.8. The van der Waals surface area contributed by atoms with Crippen molar-refractivity contribution < 1.29 is 8.42 Å². The number of hydrogen-bond acceptors (Lipinski definition) is 5. The summed E-state index contributed by atoms with van der Waals surface area (Å²) in [6.07, 6.45) is 2.49. The fourth-order valence-corrected chi connectivity index (χ4v) is 3.65. The second-order valence-corrected chi connectivity index (χ2v) is 7.27. The number of aryl methyl sites for hydroxylation is 3. The zero-order valence-corrected chi connectivity index (χ0v) is 13.1. The Bertz CT molecular complexity index is 836. The molecule has 0 amide bonds. The molecular formula is C14H18N4O2S. The molecule has 2 aromatic rings. The Hall–Kier alpha value is -1.89. The van der Waals surface area contributed by atoms with Gasteiger partial charge in [-0.1, -0.05) is 6.92 Å². The van der Waals surface area contributed by atoms with Crippen molar-refractivity contribution in [2.24, 2.45) is 0 Å². The quantitative estimate of drug-likeness (QED) is 0.932. The third kappa shape index (κ3) is 2.53. The van der Waals surface area contributed by atoms with Gasteiger partial charge in [-0.2, -0.15) is 9.61 Å². The summed E-state index contributed by atoms with van der Waals surface area (Å²) in [5.74, 6) is 0.858. The van der Waals surface area contributed by atoms with Gasteiger partial charge in [0.15, 0.2) is 15.5 Å². The van der Waals surface area contributed by atoms with Crippen LogP contribution in [0.15, 0.2) is 17.6 Å². The van der Waals surface area contributed by atoms with Gasteiger partial charge in [0.25, 0.3) is 0 Å². The lowest BCUT2D eigenvalue weighted by Crippen LogP contribution is -2.23. The number of fused-ring (bicyclic) bond motifs is 1. The fourth-order valence-electron chi connectivity index (χ4n) is 2.42. The van der Waals surface area contributed by atoms with E-state index in [9.17, 15) is 8.42 Å². The van der Waals surface area contributed by atoms with E-state index in [1.807, 2.05) is 26.8 Å². The van der Waals surface area contributed by atoms with Crippen LogP contribution in [0.2, 0.25) is 0 Å². The van der Waals surface area contributed by atoms with Crippen LogP contribution >= 0.6 is 0 Å². The minimum absolute atomic E-state index is 0.0809. The van der Waals surface area contributed by atoms with Gasteiger partial charge in [-0.15, -0.1) is 0 Å². The Balaban J connectivity index is 2.05. The van der Waals surface area contributed by atoms with E-state index in [-0.39, 0.29) is 11.8 Å². The molecule has 0 saturated heterocycles. The molecule has 3 heterocycles. The van der Waals surface area contributed by atoms with Gasteiger partial charge >= 0.3 is 0 Å². The monoisotopic (exact) mass is 306 g/mol. The zero-order valence-electron chi connectivity index (χ0n) is 12.3.